The Morgan fingerprint density at radius 1 is 0.867 bits per heavy atom. The number of amides is 1. The minimum Gasteiger partial charge on any atom is -0.488 e. The fraction of sp³-hybridized carbons (Fsp3) is 0.265. The number of anilines is 1. The van der Waals surface area contributed by atoms with Crippen LogP contribution in [0.5, 0.6) is 23.0 Å². The molecule has 0 radical (unpaired) electrons. The monoisotopic (exact) mass is 620 g/mol. The van der Waals surface area contributed by atoms with Gasteiger partial charge >= 0.3 is 12.5 Å². The summed E-state index contributed by atoms with van der Waals surface area (Å²) < 4.78 is 64.4. The number of ether oxygens (including phenoxy) is 5. The van der Waals surface area contributed by atoms with E-state index < -0.39 is 6.36 Å². The summed E-state index contributed by atoms with van der Waals surface area (Å²) >= 11 is 0. The Kier molecular flexibility index (Phi) is 8.59. The van der Waals surface area contributed by atoms with Crippen molar-refractivity contribution in [1.29, 1.82) is 0 Å². The number of rotatable bonds is 10. The van der Waals surface area contributed by atoms with E-state index in [1.165, 1.54) is 12.1 Å². The van der Waals surface area contributed by atoms with Crippen molar-refractivity contribution in [3.63, 3.8) is 0 Å². The van der Waals surface area contributed by atoms with Crippen LogP contribution in [-0.2, 0) is 24.4 Å². The van der Waals surface area contributed by atoms with Crippen molar-refractivity contribution in [3.8, 4) is 34.1 Å². The molecule has 1 fully saturated rings. The smallest absolute Gasteiger partial charge is 0.488 e. The van der Waals surface area contributed by atoms with E-state index in [-0.39, 0.29) is 18.4 Å². The lowest BCUT2D eigenvalue weighted by Gasteiger charge is -2.20. The molecule has 0 aromatic heterocycles. The molecule has 0 saturated carbocycles. The van der Waals surface area contributed by atoms with Gasteiger partial charge in [0.05, 0.1) is 13.1 Å². The van der Waals surface area contributed by atoms with Crippen molar-refractivity contribution < 1.29 is 41.7 Å². The number of hydrogen-bond donors (Lipinski definition) is 1. The van der Waals surface area contributed by atoms with Gasteiger partial charge < -0.3 is 33.9 Å². The zero-order valence-electron chi connectivity index (χ0n) is 24.5. The normalized spacial score (nSPS) is 14.2. The lowest BCUT2D eigenvalue weighted by Crippen LogP contribution is -2.23. The highest BCUT2D eigenvalue weighted by Gasteiger charge is 2.31. The third kappa shape index (κ3) is 7.36. The van der Waals surface area contributed by atoms with E-state index in [1.807, 2.05) is 61.5 Å². The van der Waals surface area contributed by atoms with Crippen molar-refractivity contribution >= 4 is 11.8 Å². The zero-order chi connectivity index (χ0) is 31.4. The number of nitrogens with one attached hydrogen (secondary N) is 1. The number of hydrogen-bond acceptors (Lipinski definition) is 7. The van der Waals surface area contributed by atoms with Gasteiger partial charge in [-0.05, 0) is 65.1 Å². The van der Waals surface area contributed by atoms with Crippen LogP contribution in [-0.4, -0.2) is 43.7 Å². The maximum absolute atomic E-state index is 12.6. The summed E-state index contributed by atoms with van der Waals surface area (Å²) in [7, 11) is 0. The molecule has 1 saturated heterocycles. The summed E-state index contributed by atoms with van der Waals surface area (Å²) in [5.41, 5.74) is 6.27. The Morgan fingerprint density at radius 3 is 2.42 bits per heavy atom. The van der Waals surface area contributed by atoms with Gasteiger partial charge in [-0.3, -0.25) is 0 Å². The lowest BCUT2D eigenvalue weighted by atomic mass is 9.96. The van der Waals surface area contributed by atoms with Crippen LogP contribution in [0, 0.1) is 6.92 Å². The molecule has 8 nitrogen and oxygen atoms in total. The van der Waals surface area contributed by atoms with E-state index in [0.717, 1.165) is 39.1 Å². The van der Waals surface area contributed by atoms with Crippen molar-refractivity contribution in [2.45, 2.75) is 33.0 Å². The van der Waals surface area contributed by atoms with Crippen LogP contribution in [0.25, 0.3) is 11.1 Å². The molecule has 2 aliphatic rings. The second-order valence-electron chi connectivity index (χ2n) is 10.6. The van der Waals surface area contributed by atoms with Gasteiger partial charge in [-0.25, -0.2) is 4.79 Å². The zero-order valence-corrected chi connectivity index (χ0v) is 24.5. The maximum Gasteiger partial charge on any atom is 0.573 e. The first kappa shape index (κ1) is 30.0. The molecule has 2 aliphatic heterocycles. The lowest BCUT2D eigenvalue weighted by molar-refractivity contribution is -0.274. The standard InChI is InChI=1S/C34H31F3N2O6/c1-22-25(3-2-4-29(22)24-7-10-28(11-8-24)45-34(35,36)37)19-38-27-9-6-26(20-39-13-14-43-33(39)40)31(18-27)44-21-23-5-12-30-32(17-23)42-16-15-41-30/h2-12,17-18,38H,13-16,19-21H2,1H3. The number of carbonyl (C=O) groups is 1. The van der Waals surface area contributed by atoms with Gasteiger partial charge in [0.2, 0.25) is 0 Å². The molecule has 1 amide bonds. The molecule has 4 aromatic carbocycles. The molecule has 2 heterocycles. The van der Waals surface area contributed by atoms with Gasteiger partial charge in [0.25, 0.3) is 0 Å². The average molecular weight is 621 g/mol. The topological polar surface area (TPSA) is 78.5 Å². The maximum atomic E-state index is 12.6. The van der Waals surface area contributed by atoms with E-state index in [9.17, 15) is 18.0 Å². The largest absolute Gasteiger partial charge is 0.573 e. The van der Waals surface area contributed by atoms with Crippen LogP contribution in [0.1, 0.15) is 22.3 Å². The SMILES string of the molecule is Cc1c(CNc2ccc(CN3CCOC3=O)c(OCc3ccc4c(c3)OCCO4)c2)cccc1-c1ccc(OC(F)(F)F)cc1. The van der Waals surface area contributed by atoms with Gasteiger partial charge in [-0.15, -0.1) is 13.2 Å². The van der Waals surface area contributed by atoms with Gasteiger partial charge in [-0.2, -0.15) is 0 Å². The number of halogens is 3. The molecule has 0 aliphatic carbocycles. The quantitative estimate of drug-likeness (QED) is 0.197. The third-order valence-electron chi connectivity index (χ3n) is 7.60. The Balaban J connectivity index is 1.18. The van der Waals surface area contributed by atoms with E-state index in [0.29, 0.717) is 56.7 Å². The van der Waals surface area contributed by atoms with Gasteiger partial charge in [0.15, 0.2) is 11.5 Å². The minimum absolute atomic E-state index is 0.265. The molecule has 234 valence electrons. The summed E-state index contributed by atoms with van der Waals surface area (Å²) in [6, 6.07) is 23.2. The van der Waals surface area contributed by atoms with E-state index in [4.69, 9.17) is 18.9 Å². The van der Waals surface area contributed by atoms with E-state index >= 15 is 0 Å². The van der Waals surface area contributed by atoms with Gasteiger partial charge in [-0.1, -0.05) is 42.5 Å². The van der Waals surface area contributed by atoms with E-state index in [2.05, 4.69) is 10.1 Å². The molecule has 1 N–H and O–H groups in total. The summed E-state index contributed by atoms with van der Waals surface area (Å²) in [5, 5.41) is 3.46. The Hall–Kier alpha value is -5.06. The van der Waals surface area contributed by atoms with Crippen molar-refractivity contribution in [2.24, 2.45) is 0 Å². The van der Waals surface area contributed by atoms with Crippen LogP contribution in [0.15, 0.2) is 78.9 Å². The first-order valence-corrected chi connectivity index (χ1v) is 14.5. The number of cyclic esters (lactones) is 1. The molecule has 0 unspecified atom stereocenters. The molecule has 0 atom stereocenters. The Labute approximate surface area is 258 Å². The van der Waals surface area contributed by atoms with Crippen LogP contribution in [0.3, 0.4) is 0 Å². The summed E-state index contributed by atoms with van der Waals surface area (Å²) in [6.45, 7) is 4.98. The highest BCUT2D eigenvalue weighted by atomic mass is 19.4. The minimum atomic E-state index is -4.74. The molecule has 4 aromatic rings. The third-order valence-corrected chi connectivity index (χ3v) is 7.60. The Morgan fingerprint density at radius 2 is 1.67 bits per heavy atom. The number of fused-ring (bicyclic) bond motifs is 1. The number of nitrogens with zero attached hydrogens (tertiary/aromatic N) is 1. The second kappa shape index (κ2) is 12.9. The fourth-order valence-corrected chi connectivity index (χ4v) is 5.26. The molecule has 0 spiro atoms. The Bertz CT molecular complexity index is 1680. The molecular formula is C34H31F3N2O6. The van der Waals surface area contributed by atoms with Gasteiger partial charge in [0, 0.05) is 23.9 Å². The molecule has 11 heteroatoms. The number of benzene rings is 4. The van der Waals surface area contributed by atoms with E-state index in [1.54, 1.807) is 17.0 Å². The van der Waals surface area contributed by atoms with Crippen molar-refractivity contribution in [2.75, 3.05) is 31.7 Å². The first-order chi connectivity index (χ1) is 21.7. The molecule has 0 bridgehead atoms. The van der Waals surface area contributed by atoms with Crippen LogP contribution in [0.2, 0.25) is 0 Å². The second-order valence-corrected chi connectivity index (χ2v) is 10.6. The summed E-state index contributed by atoms with van der Waals surface area (Å²) in [4.78, 5) is 13.8. The molecule has 6 rings (SSSR count). The first-order valence-electron chi connectivity index (χ1n) is 14.5. The fourth-order valence-electron chi connectivity index (χ4n) is 5.26. The van der Waals surface area contributed by atoms with Crippen molar-refractivity contribution in [3.05, 3.63) is 101 Å². The molecule has 45 heavy (non-hydrogen) atoms. The number of carbonyl (C=O) groups excluding carboxylic acids is 1. The average Bonchev–Trinajstić information content (AvgIpc) is 3.43. The predicted octanol–water partition coefficient (Wildman–Crippen LogP) is 7.48. The van der Waals surface area contributed by atoms with Crippen molar-refractivity contribution in [1.82, 2.24) is 4.90 Å². The highest BCUT2D eigenvalue weighted by Crippen LogP contribution is 2.33. The van der Waals surface area contributed by atoms with Crippen LogP contribution < -0.4 is 24.3 Å². The predicted molar refractivity (Wildman–Crippen MR) is 161 cm³/mol. The molecular weight excluding hydrogens is 589 g/mol. The summed E-state index contributed by atoms with van der Waals surface area (Å²) in [5.74, 6) is 1.75. The summed E-state index contributed by atoms with van der Waals surface area (Å²) in [6.07, 6.45) is -5.09. The van der Waals surface area contributed by atoms with Crippen LogP contribution in [0.4, 0.5) is 23.7 Å². The number of alkyl halides is 3. The van der Waals surface area contributed by atoms with Crippen LogP contribution >= 0.6 is 0 Å². The van der Waals surface area contributed by atoms with Gasteiger partial charge in [0.1, 0.15) is 37.9 Å². The highest BCUT2D eigenvalue weighted by molar-refractivity contribution is 5.70.